The molecule has 1 aromatic carbocycles. The molecule has 0 atom stereocenters. The summed E-state index contributed by atoms with van der Waals surface area (Å²) in [6, 6.07) is 8.09. The first-order valence-corrected chi connectivity index (χ1v) is 7.44. The van der Waals surface area contributed by atoms with Crippen molar-refractivity contribution >= 4 is 33.8 Å². The number of para-hydroxylation sites is 1. The molecule has 3 rings (SSSR count). The van der Waals surface area contributed by atoms with E-state index < -0.39 is 0 Å². The Labute approximate surface area is 120 Å². The van der Waals surface area contributed by atoms with E-state index in [1.54, 1.807) is 11.3 Å². The van der Waals surface area contributed by atoms with Gasteiger partial charge in [0.2, 0.25) is 0 Å². The zero-order valence-corrected chi connectivity index (χ0v) is 11.9. The molecule has 98 valence electrons. The lowest BCUT2D eigenvalue weighted by Crippen LogP contribution is -2.17. The zero-order valence-electron chi connectivity index (χ0n) is 10.3. The monoisotopic (exact) mass is 291 g/mol. The number of aromatic amines is 1. The fourth-order valence-corrected chi connectivity index (χ4v) is 2.97. The molecule has 5 heteroatoms. The van der Waals surface area contributed by atoms with Crippen LogP contribution in [0.4, 0.5) is 0 Å². The molecular formula is C14H14ClN3S. The van der Waals surface area contributed by atoms with E-state index in [-0.39, 0.29) is 0 Å². The van der Waals surface area contributed by atoms with Crippen LogP contribution in [0.15, 0.2) is 35.8 Å². The number of thiazole rings is 1. The Balaban J connectivity index is 1.61. The van der Waals surface area contributed by atoms with Crippen LogP contribution in [0.25, 0.3) is 10.9 Å². The van der Waals surface area contributed by atoms with E-state index in [0.29, 0.717) is 0 Å². The largest absolute Gasteiger partial charge is 0.356 e. The molecule has 3 aromatic rings. The minimum Gasteiger partial charge on any atom is -0.356 e. The minimum absolute atomic E-state index is 0.749. The third kappa shape index (κ3) is 2.81. The third-order valence-electron chi connectivity index (χ3n) is 3.01. The van der Waals surface area contributed by atoms with Crippen molar-refractivity contribution < 1.29 is 0 Å². The van der Waals surface area contributed by atoms with Crippen LogP contribution in [-0.2, 0) is 13.0 Å². The molecule has 0 saturated carbocycles. The Bertz CT molecular complexity index is 660. The van der Waals surface area contributed by atoms with Gasteiger partial charge in [0.15, 0.2) is 0 Å². The molecule has 0 fully saturated rings. The van der Waals surface area contributed by atoms with Gasteiger partial charge in [0.1, 0.15) is 0 Å². The van der Waals surface area contributed by atoms with Crippen molar-refractivity contribution in [2.24, 2.45) is 0 Å². The second-order valence-corrected chi connectivity index (χ2v) is 5.67. The van der Waals surface area contributed by atoms with Gasteiger partial charge in [0.05, 0.1) is 10.0 Å². The summed E-state index contributed by atoms with van der Waals surface area (Å²) >= 11 is 8.05. The SMILES string of the molecule is Clc1c(CNCCc2nccs2)[nH]c2ccccc12. The average Bonchev–Trinajstić information content (AvgIpc) is 3.04. The number of nitrogens with zero attached hydrogens (tertiary/aromatic N) is 1. The average molecular weight is 292 g/mol. The number of H-pyrrole nitrogens is 1. The number of hydrogen-bond donors (Lipinski definition) is 2. The predicted molar refractivity (Wildman–Crippen MR) is 80.8 cm³/mol. The molecule has 0 aliphatic rings. The van der Waals surface area contributed by atoms with Gasteiger partial charge in [-0.2, -0.15) is 0 Å². The van der Waals surface area contributed by atoms with Gasteiger partial charge in [-0.3, -0.25) is 0 Å². The number of nitrogens with one attached hydrogen (secondary N) is 2. The Morgan fingerprint density at radius 2 is 2.21 bits per heavy atom. The minimum atomic E-state index is 0.749. The number of aromatic nitrogens is 2. The van der Waals surface area contributed by atoms with Gasteiger partial charge in [-0.05, 0) is 6.07 Å². The molecule has 2 heterocycles. The van der Waals surface area contributed by atoms with Crippen LogP contribution in [0.1, 0.15) is 10.7 Å². The van der Waals surface area contributed by atoms with Crippen LogP contribution < -0.4 is 5.32 Å². The summed E-state index contributed by atoms with van der Waals surface area (Å²) in [6.07, 6.45) is 2.80. The molecule has 0 amide bonds. The Kier molecular flexibility index (Phi) is 3.82. The maximum Gasteiger partial charge on any atom is 0.0937 e. The highest BCUT2D eigenvalue weighted by molar-refractivity contribution is 7.09. The summed E-state index contributed by atoms with van der Waals surface area (Å²) in [4.78, 5) is 7.61. The predicted octanol–water partition coefficient (Wildman–Crippen LogP) is 3.61. The molecule has 0 bridgehead atoms. The van der Waals surface area contributed by atoms with Crippen molar-refractivity contribution in [1.29, 1.82) is 0 Å². The van der Waals surface area contributed by atoms with Crippen molar-refractivity contribution in [1.82, 2.24) is 15.3 Å². The Hall–Kier alpha value is -1.36. The zero-order chi connectivity index (χ0) is 13.1. The van der Waals surface area contributed by atoms with Gasteiger partial charge in [0.25, 0.3) is 0 Å². The van der Waals surface area contributed by atoms with Crippen LogP contribution in [-0.4, -0.2) is 16.5 Å². The first kappa shape index (κ1) is 12.7. The molecule has 3 nitrogen and oxygen atoms in total. The molecule has 19 heavy (non-hydrogen) atoms. The van der Waals surface area contributed by atoms with E-state index in [0.717, 1.165) is 46.1 Å². The maximum atomic E-state index is 6.35. The maximum absolute atomic E-state index is 6.35. The molecule has 0 radical (unpaired) electrons. The van der Waals surface area contributed by atoms with E-state index in [2.05, 4.69) is 15.3 Å². The second kappa shape index (κ2) is 5.74. The standard InChI is InChI=1S/C14H14ClN3S/c15-14-10-3-1-2-4-11(10)18-12(14)9-16-6-5-13-17-7-8-19-13/h1-4,7-8,16,18H,5-6,9H2. The van der Waals surface area contributed by atoms with E-state index in [1.165, 1.54) is 0 Å². The molecule has 0 spiro atoms. The van der Waals surface area contributed by atoms with Gasteiger partial charge in [0, 0.05) is 47.7 Å². The summed E-state index contributed by atoms with van der Waals surface area (Å²) in [6.45, 7) is 1.65. The van der Waals surface area contributed by atoms with Gasteiger partial charge in [-0.25, -0.2) is 4.98 Å². The number of fused-ring (bicyclic) bond motifs is 1. The Morgan fingerprint density at radius 3 is 3.00 bits per heavy atom. The third-order valence-corrected chi connectivity index (χ3v) is 4.29. The molecule has 0 saturated heterocycles. The molecule has 2 aromatic heterocycles. The van der Waals surface area contributed by atoms with Crippen LogP contribution in [0.3, 0.4) is 0 Å². The van der Waals surface area contributed by atoms with Gasteiger partial charge < -0.3 is 10.3 Å². The number of rotatable bonds is 5. The first-order valence-electron chi connectivity index (χ1n) is 6.19. The van der Waals surface area contributed by atoms with Gasteiger partial charge >= 0.3 is 0 Å². The lowest BCUT2D eigenvalue weighted by atomic mass is 10.2. The summed E-state index contributed by atoms with van der Waals surface area (Å²) in [5.41, 5.74) is 2.13. The van der Waals surface area contributed by atoms with Gasteiger partial charge in [-0.15, -0.1) is 11.3 Å². The Morgan fingerprint density at radius 1 is 1.32 bits per heavy atom. The fourth-order valence-electron chi connectivity index (χ4n) is 2.07. The van der Waals surface area contributed by atoms with E-state index in [4.69, 9.17) is 11.6 Å². The van der Waals surface area contributed by atoms with E-state index in [1.807, 2.05) is 35.8 Å². The lowest BCUT2D eigenvalue weighted by molar-refractivity contribution is 0.677. The number of halogens is 1. The molecule has 0 unspecified atom stereocenters. The number of hydrogen-bond acceptors (Lipinski definition) is 3. The molecule has 0 aliphatic heterocycles. The highest BCUT2D eigenvalue weighted by Crippen LogP contribution is 2.26. The lowest BCUT2D eigenvalue weighted by Gasteiger charge is -2.02. The normalized spacial score (nSPS) is 11.2. The molecule has 2 N–H and O–H groups in total. The van der Waals surface area contributed by atoms with Crippen LogP contribution in [0, 0.1) is 0 Å². The van der Waals surface area contributed by atoms with Crippen LogP contribution in [0.5, 0.6) is 0 Å². The van der Waals surface area contributed by atoms with Gasteiger partial charge in [-0.1, -0.05) is 29.8 Å². The van der Waals surface area contributed by atoms with Crippen molar-refractivity contribution in [3.63, 3.8) is 0 Å². The van der Waals surface area contributed by atoms with Crippen molar-refractivity contribution in [3.05, 3.63) is 51.6 Å². The number of benzene rings is 1. The topological polar surface area (TPSA) is 40.7 Å². The van der Waals surface area contributed by atoms with E-state index >= 15 is 0 Å². The summed E-state index contributed by atoms with van der Waals surface area (Å²) in [7, 11) is 0. The van der Waals surface area contributed by atoms with Crippen molar-refractivity contribution in [3.8, 4) is 0 Å². The van der Waals surface area contributed by atoms with Crippen LogP contribution >= 0.6 is 22.9 Å². The molecule has 0 aliphatic carbocycles. The smallest absolute Gasteiger partial charge is 0.0937 e. The summed E-state index contributed by atoms with van der Waals surface area (Å²) in [5, 5.41) is 8.46. The summed E-state index contributed by atoms with van der Waals surface area (Å²) < 4.78 is 0. The second-order valence-electron chi connectivity index (χ2n) is 4.32. The highest BCUT2D eigenvalue weighted by atomic mass is 35.5. The highest BCUT2D eigenvalue weighted by Gasteiger charge is 2.08. The molecular weight excluding hydrogens is 278 g/mol. The first-order chi connectivity index (χ1) is 9.34. The summed E-state index contributed by atoms with van der Waals surface area (Å²) in [5.74, 6) is 0. The van der Waals surface area contributed by atoms with Crippen LogP contribution in [0.2, 0.25) is 5.02 Å². The fraction of sp³-hybridized carbons (Fsp3) is 0.214. The van der Waals surface area contributed by atoms with E-state index in [9.17, 15) is 0 Å². The van der Waals surface area contributed by atoms with Crippen molar-refractivity contribution in [2.75, 3.05) is 6.54 Å². The van der Waals surface area contributed by atoms with Crippen molar-refractivity contribution in [2.45, 2.75) is 13.0 Å². The quantitative estimate of drug-likeness (QED) is 0.705.